The van der Waals surface area contributed by atoms with E-state index in [1.807, 2.05) is 48.5 Å². The van der Waals surface area contributed by atoms with Gasteiger partial charge in [-0.2, -0.15) is 0 Å². The van der Waals surface area contributed by atoms with E-state index in [0.717, 1.165) is 26.6 Å². The van der Waals surface area contributed by atoms with E-state index >= 15 is 0 Å². The zero-order valence-corrected chi connectivity index (χ0v) is 12.5. The molecule has 102 valence electrons. The predicted octanol–water partition coefficient (Wildman–Crippen LogP) is 4.88. The van der Waals surface area contributed by atoms with Crippen LogP contribution in [0, 0.1) is 0 Å². The van der Waals surface area contributed by atoms with Crippen LogP contribution in [0.3, 0.4) is 0 Å². The Morgan fingerprint density at radius 3 is 2.81 bits per heavy atom. The Morgan fingerprint density at radius 2 is 1.90 bits per heavy atom. The average molecular weight is 340 g/mol. The fourth-order valence-electron chi connectivity index (χ4n) is 2.32. The van der Waals surface area contributed by atoms with Crippen LogP contribution in [0.25, 0.3) is 22.1 Å². The third-order valence-electron chi connectivity index (χ3n) is 3.25. The zero-order chi connectivity index (χ0) is 14.2. The number of nitrogens with one attached hydrogen (secondary N) is 1. The lowest BCUT2D eigenvalue weighted by Gasteiger charge is -2.05. The molecule has 4 aromatic rings. The molecule has 4 nitrogen and oxygen atoms in total. The molecule has 0 aliphatic heterocycles. The number of hydrogen-bond acceptors (Lipinski definition) is 4. The van der Waals surface area contributed by atoms with Crippen molar-refractivity contribution in [2.45, 2.75) is 0 Å². The summed E-state index contributed by atoms with van der Waals surface area (Å²) in [5, 5.41) is 4.27. The number of anilines is 2. The molecule has 0 amide bonds. The fraction of sp³-hybridized carbons (Fsp3) is 0. The lowest BCUT2D eigenvalue weighted by molar-refractivity contribution is 0.667. The maximum absolute atomic E-state index is 5.89. The third kappa shape index (κ3) is 2.15. The van der Waals surface area contributed by atoms with Crippen molar-refractivity contribution in [1.29, 1.82) is 0 Å². The molecule has 0 aliphatic carbocycles. The molecule has 1 N–H and O–H groups in total. The second-order valence-electron chi connectivity index (χ2n) is 4.63. The summed E-state index contributed by atoms with van der Waals surface area (Å²) in [5.41, 5.74) is 3.23. The Bertz CT molecular complexity index is 948. The van der Waals surface area contributed by atoms with Crippen molar-refractivity contribution in [2.24, 2.45) is 0 Å². The summed E-state index contributed by atoms with van der Waals surface area (Å²) >= 11 is 3.46. The van der Waals surface area contributed by atoms with E-state index in [2.05, 4.69) is 31.2 Å². The van der Waals surface area contributed by atoms with Crippen LogP contribution >= 0.6 is 15.9 Å². The van der Waals surface area contributed by atoms with Gasteiger partial charge in [-0.25, -0.2) is 9.97 Å². The van der Waals surface area contributed by atoms with Crippen molar-refractivity contribution in [3.8, 4) is 0 Å². The molecular formula is C16H10BrN3O. The van der Waals surface area contributed by atoms with Crippen LogP contribution in [0.1, 0.15) is 0 Å². The summed E-state index contributed by atoms with van der Waals surface area (Å²) in [6, 6.07) is 15.7. The number of nitrogens with zero attached hydrogens (tertiary/aromatic N) is 2. The van der Waals surface area contributed by atoms with Crippen LogP contribution in [-0.2, 0) is 0 Å². The number of benzene rings is 2. The van der Waals surface area contributed by atoms with Gasteiger partial charge in [0, 0.05) is 15.5 Å². The smallest absolute Gasteiger partial charge is 0.196 e. The number of fused-ring (bicyclic) bond motifs is 3. The van der Waals surface area contributed by atoms with Gasteiger partial charge in [-0.3, -0.25) is 0 Å². The normalized spacial score (nSPS) is 11.1. The standard InChI is InChI=1S/C16H10BrN3O/c17-10-4-3-5-11(8-10)20-16-15-14(18-9-19-16)12-6-1-2-7-13(12)21-15/h1-9H,(H,18,19,20). The molecule has 0 atom stereocenters. The van der Waals surface area contributed by atoms with E-state index in [1.165, 1.54) is 0 Å². The Labute approximate surface area is 129 Å². The lowest BCUT2D eigenvalue weighted by atomic mass is 10.2. The Morgan fingerprint density at radius 1 is 1.00 bits per heavy atom. The summed E-state index contributed by atoms with van der Waals surface area (Å²) in [4.78, 5) is 8.63. The number of para-hydroxylation sites is 1. The highest BCUT2D eigenvalue weighted by molar-refractivity contribution is 9.10. The molecule has 0 saturated heterocycles. The van der Waals surface area contributed by atoms with Gasteiger partial charge in [0.05, 0.1) is 0 Å². The van der Waals surface area contributed by atoms with Gasteiger partial charge in [-0.15, -0.1) is 0 Å². The second-order valence-corrected chi connectivity index (χ2v) is 5.55. The molecule has 0 spiro atoms. The maximum Gasteiger partial charge on any atom is 0.196 e. The largest absolute Gasteiger partial charge is 0.450 e. The van der Waals surface area contributed by atoms with Crippen molar-refractivity contribution in [1.82, 2.24) is 9.97 Å². The monoisotopic (exact) mass is 339 g/mol. The van der Waals surface area contributed by atoms with Crippen LogP contribution < -0.4 is 5.32 Å². The molecule has 0 radical (unpaired) electrons. The van der Waals surface area contributed by atoms with E-state index in [4.69, 9.17) is 4.42 Å². The lowest BCUT2D eigenvalue weighted by Crippen LogP contribution is -1.94. The molecule has 5 heteroatoms. The summed E-state index contributed by atoms with van der Waals surface area (Å²) in [6.07, 6.45) is 1.55. The minimum Gasteiger partial charge on any atom is -0.450 e. The molecule has 0 bridgehead atoms. The molecule has 2 heterocycles. The topological polar surface area (TPSA) is 51.0 Å². The van der Waals surface area contributed by atoms with E-state index in [-0.39, 0.29) is 0 Å². The zero-order valence-electron chi connectivity index (χ0n) is 10.9. The van der Waals surface area contributed by atoms with Crippen LogP contribution in [0.2, 0.25) is 0 Å². The van der Waals surface area contributed by atoms with Gasteiger partial charge in [0.1, 0.15) is 17.4 Å². The molecule has 0 saturated carbocycles. The summed E-state index contributed by atoms with van der Waals surface area (Å²) < 4.78 is 6.89. The van der Waals surface area contributed by atoms with Crippen molar-refractivity contribution in [3.05, 3.63) is 59.3 Å². The summed E-state index contributed by atoms with van der Waals surface area (Å²) in [5.74, 6) is 0.661. The van der Waals surface area contributed by atoms with E-state index in [0.29, 0.717) is 11.4 Å². The highest BCUT2D eigenvalue weighted by atomic mass is 79.9. The highest BCUT2D eigenvalue weighted by Gasteiger charge is 2.12. The van der Waals surface area contributed by atoms with Gasteiger partial charge in [-0.1, -0.05) is 34.1 Å². The highest BCUT2D eigenvalue weighted by Crippen LogP contribution is 2.31. The quantitative estimate of drug-likeness (QED) is 0.565. The Balaban J connectivity index is 1.89. The van der Waals surface area contributed by atoms with Gasteiger partial charge in [-0.05, 0) is 30.3 Å². The van der Waals surface area contributed by atoms with Gasteiger partial charge >= 0.3 is 0 Å². The number of halogens is 1. The van der Waals surface area contributed by atoms with E-state index in [1.54, 1.807) is 6.33 Å². The number of aromatic nitrogens is 2. The van der Waals surface area contributed by atoms with E-state index < -0.39 is 0 Å². The van der Waals surface area contributed by atoms with Gasteiger partial charge < -0.3 is 9.73 Å². The molecule has 4 rings (SSSR count). The van der Waals surface area contributed by atoms with Crippen molar-refractivity contribution < 1.29 is 4.42 Å². The third-order valence-corrected chi connectivity index (χ3v) is 3.74. The first-order chi connectivity index (χ1) is 10.3. The molecule has 0 unspecified atom stereocenters. The van der Waals surface area contributed by atoms with Gasteiger partial charge in [0.25, 0.3) is 0 Å². The first kappa shape index (κ1) is 12.3. The molecule has 21 heavy (non-hydrogen) atoms. The van der Waals surface area contributed by atoms with Gasteiger partial charge in [0.15, 0.2) is 11.4 Å². The average Bonchev–Trinajstić information content (AvgIpc) is 2.87. The fourth-order valence-corrected chi connectivity index (χ4v) is 2.71. The Hall–Kier alpha value is -2.40. The molecule has 0 fully saturated rings. The molecular weight excluding hydrogens is 330 g/mol. The van der Waals surface area contributed by atoms with Crippen molar-refractivity contribution in [3.63, 3.8) is 0 Å². The number of hydrogen-bond donors (Lipinski definition) is 1. The minimum atomic E-state index is 0.661. The van der Waals surface area contributed by atoms with Crippen LogP contribution in [-0.4, -0.2) is 9.97 Å². The van der Waals surface area contributed by atoms with Crippen LogP contribution in [0.15, 0.2) is 63.7 Å². The van der Waals surface area contributed by atoms with E-state index in [9.17, 15) is 0 Å². The first-order valence-electron chi connectivity index (χ1n) is 6.46. The minimum absolute atomic E-state index is 0.661. The molecule has 2 aromatic carbocycles. The summed E-state index contributed by atoms with van der Waals surface area (Å²) in [6.45, 7) is 0. The van der Waals surface area contributed by atoms with Crippen molar-refractivity contribution >= 4 is 49.5 Å². The molecule has 0 aliphatic rings. The maximum atomic E-state index is 5.89. The van der Waals surface area contributed by atoms with Crippen molar-refractivity contribution in [2.75, 3.05) is 5.32 Å². The van der Waals surface area contributed by atoms with Crippen LogP contribution in [0.4, 0.5) is 11.5 Å². The Kier molecular flexibility index (Phi) is 2.86. The second kappa shape index (κ2) is 4.86. The number of rotatable bonds is 2. The SMILES string of the molecule is Brc1cccc(Nc2ncnc3c2oc2ccccc23)c1. The predicted molar refractivity (Wildman–Crippen MR) is 86.7 cm³/mol. The molecule has 2 aromatic heterocycles. The summed E-state index contributed by atoms with van der Waals surface area (Å²) in [7, 11) is 0. The first-order valence-corrected chi connectivity index (χ1v) is 7.25. The van der Waals surface area contributed by atoms with Gasteiger partial charge in [0.2, 0.25) is 0 Å². The van der Waals surface area contributed by atoms with Crippen LogP contribution in [0.5, 0.6) is 0 Å². The number of furan rings is 1.